The molecule has 6 nitrogen and oxygen atoms in total. The van der Waals surface area contributed by atoms with Crippen LogP contribution in [0.5, 0.6) is 5.75 Å². The van der Waals surface area contributed by atoms with Crippen molar-refractivity contribution in [2.45, 2.75) is 31.5 Å². The predicted molar refractivity (Wildman–Crippen MR) is 127 cm³/mol. The summed E-state index contributed by atoms with van der Waals surface area (Å²) < 4.78 is 72.0. The smallest absolute Gasteiger partial charge is 0.416 e. The van der Waals surface area contributed by atoms with Crippen LogP contribution >= 0.6 is 0 Å². The molecular weight excluding hydrogens is 481 g/mol. The van der Waals surface area contributed by atoms with E-state index in [0.29, 0.717) is 12.4 Å². The average Bonchev–Trinajstić information content (AvgIpc) is 2.82. The molecule has 186 valence electrons. The summed E-state index contributed by atoms with van der Waals surface area (Å²) in [5.41, 5.74) is 0.517. The molecule has 0 aliphatic carbocycles. The molecule has 0 aliphatic rings. The Labute approximate surface area is 202 Å². The molecule has 0 heterocycles. The maximum atomic E-state index is 13.4. The SMILES string of the molecule is CCOc1ccc(N(CC(=O)NCc2cccc(C(F)(F)F)c2)S(=O)(=O)c2ccc(C)cc2)cc1. The van der Waals surface area contributed by atoms with Crippen LogP contribution in [0.2, 0.25) is 0 Å². The number of aryl methyl sites for hydroxylation is 1. The molecule has 0 aliphatic heterocycles. The minimum atomic E-state index is -4.51. The second kappa shape index (κ2) is 10.8. The van der Waals surface area contributed by atoms with Crippen molar-refractivity contribution in [3.8, 4) is 5.75 Å². The van der Waals surface area contributed by atoms with Gasteiger partial charge in [0.25, 0.3) is 10.0 Å². The van der Waals surface area contributed by atoms with E-state index in [1.165, 1.54) is 36.4 Å². The molecule has 0 unspecified atom stereocenters. The van der Waals surface area contributed by atoms with E-state index in [0.717, 1.165) is 22.0 Å². The molecule has 0 atom stereocenters. The molecule has 35 heavy (non-hydrogen) atoms. The Morgan fingerprint density at radius 2 is 1.66 bits per heavy atom. The minimum Gasteiger partial charge on any atom is -0.494 e. The molecular formula is C25H25F3N2O4S. The predicted octanol–water partition coefficient (Wildman–Crippen LogP) is 4.92. The minimum absolute atomic E-state index is 0.00247. The van der Waals surface area contributed by atoms with Crippen molar-refractivity contribution in [3.63, 3.8) is 0 Å². The number of ether oxygens (including phenoxy) is 1. The van der Waals surface area contributed by atoms with Gasteiger partial charge in [-0.2, -0.15) is 13.2 Å². The van der Waals surface area contributed by atoms with Crippen LogP contribution in [-0.4, -0.2) is 27.5 Å². The van der Waals surface area contributed by atoms with Gasteiger partial charge in [0.15, 0.2) is 0 Å². The third kappa shape index (κ3) is 6.75. The third-order valence-electron chi connectivity index (χ3n) is 5.08. The van der Waals surface area contributed by atoms with E-state index in [9.17, 15) is 26.4 Å². The van der Waals surface area contributed by atoms with E-state index in [-0.39, 0.29) is 22.7 Å². The highest BCUT2D eigenvalue weighted by atomic mass is 32.2. The van der Waals surface area contributed by atoms with Crippen molar-refractivity contribution in [2.24, 2.45) is 0 Å². The zero-order chi connectivity index (χ0) is 25.6. The summed E-state index contributed by atoms with van der Waals surface area (Å²) in [7, 11) is -4.12. The van der Waals surface area contributed by atoms with Crippen LogP contribution in [0.3, 0.4) is 0 Å². The van der Waals surface area contributed by atoms with E-state index in [1.807, 2.05) is 13.8 Å². The fourth-order valence-electron chi connectivity index (χ4n) is 3.27. The first kappa shape index (κ1) is 26.1. The first-order valence-electron chi connectivity index (χ1n) is 10.8. The molecule has 0 spiro atoms. The number of benzene rings is 3. The van der Waals surface area contributed by atoms with Gasteiger partial charge >= 0.3 is 6.18 Å². The van der Waals surface area contributed by atoms with E-state index in [2.05, 4.69) is 5.32 Å². The molecule has 3 aromatic rings. The number of hydrogen-bond acceptors (Lipinski definition) is 4. The summed E-state index contributed by atoms with van der Waals surface area (Å²) in [6.07, 6.45) is -4.51. The Hall–Kier alpha value is -3.53. The van der Waals surface area contributed by atoms with Crippen LogP contribution < -0.4 is 14.4 Å². The topological polar surface area (TPSA) is 75.7 Å². The molecule has 1 N–H and O–H groups in total. The highest BCUT2D eigenvalue weighted by Crippen LogP contribution is 2.29. The van der Waals surface area contributed by atoms with Gasteiger partial charge in [-0.05, 0) is 67.9 Å². The summed E-state index contributed by atoms with van der Waals surface area (Å²) in [6, 6.07) is 17.0. The van der Waals surface area contributed by atoms with Crippen LogP contribution in [0.15, 0.2) is 77.7 Å². The molecule has 1 amide bonds. The zero-order valence-corrected chi connectivity index (χ0v) is 20.0. The molecule has 0 bridgehead atoms. The molecule has 0 saturated carbocycles. The fraction of sp³-hybridized carbons (Fsp3) is 0.240. The number of nitrogens with one attached hydrogen (secondary N) is 1. The number of anilines is 1. The zero-order valence-electron chi connectivity index (χ0n) is 19.2. The van der Waals surface area contributed by atoms with Crippen molar-refractivity contribution >= 4 is 21.6 Å². The second-order valence-corrected chi connectivity index (χ2v) is 9.59. The molecule has 0 saturated heterocycles. The summed E-state index contributed by atoms with van der Waals surface area (Å²) in [5.74, 6) is -0.134. The van der Waals surface area contributed by atoms with Crippen LogP contribution in [0.4, 0.5) is 18.9 Å². The monoisotopic (exact) mass is 506 g/mol. The molecule has 0 aromatic heterocycles. The number of hydrogen-bond donors (Lipinski definition) is 1. The first-order valence-corrected chi connectivity index (χ1v) is 12.2. The van der Waals surface area contributed by atoms with Crippen molar-refractivity contribution in [3.05, 3.63) is 89.5 Å². The van der Waals surface area contributed by atoms with Gasteiger partial charge in [-0.25, -0.2) is 8.42 Å². The number of halogens is 3. The summed E-state index contributed by atoms with van der Waals surface area (Å²) in [5, 5.41) is 2.51. The van der Waals surface area contributed by atoms with E-state index < -0.39 is 34.2 Å². The highest BCUT2D eigenvalue weighted by Gasteiger charge is 2.30. The van der Waals surface area contributed by atoms with Gasteiger partial charge in [-0.15, -0.1) is 0 Å². The van der Waals surface area contributed by atoms with Crippen molar-refractivity contribution in [1.82, 2.24) is 5.32 Å². The van der Waals surface area contributed by atoms with Gasteiger partial charge < -0.3 is 10.1 Å². The standard InChI is InChI=1S/C25H25F3N2O4S/c1-3-34-22-11-9-21(10-12-22)30(35(32,33)23-13-7-18(2)8-14-23)17-24(31)29-16-19-5-4-6-20(15-19)25(26,27)28/h4-15H,3,16-17H2,1-2H3,(H,29,31). The summed E-state index contributed by atoms with van der Waals surface area (Å²) in [4.78, 5) is 12.7. The number of nitrogens with zero attached hydrogens (tertiary/aromatic N) is 1. The van der Waals surface area contributed by atoms with Gasteiger partial charge in [-0.3, -0.25) is 9.10 Å². The van der Waals surface area contributed by atoms with Crippen LogP contribution in [0, 0.1) is 6.92 Å². The number of alkyl halides is 3. The lowest BCUT2D eigenvalue weighted by Gasteiger charge is -2.24. The molecule has 0 radical (unpaired) electrons. The Morgan fingerprint density at radius 1 is 1.00 bits per heavy atom. The number of carbonyl (C=O) groups excluding carboxylic acids is 1. The van der Waals surface area contributed by atoms with Crippen LogP contribution in [-0.2, 0) is 27.5 Å². The van der Waals surface area contributed by atoms with E-state index >= 15 is 0 Å². The quantitative estimate of drug-likeness (QED) is 0.447. The number of carbonyl (C=O) groups is 1. The average molecular weight is 507 g/mol. The molecule has 0 fully saturated rings. The Kier molecular flexibility index (Phi) is 8.06. The van der Waals surface area contributed by atoms with Gasteiger partial charge in [-0.1, -0.05) is 29.8 Å². The van der Waals surface area contributed by atoms with Crippen molar-refractivity contribution < 1.29 is 31.1 Å². The van der Waals surface area contributed by atoms with Crippen molar-refractivity contribution in [1.29, 1.82) is 0 Å². The van der Waals surface area contributed by atoms with Crippen LogP contribution in [0.25, 0.3) is 0 Å². The lowest BCUT2D eigenvalue weighted by molar-refractivity contribution is -0.137. The Morgan fingerprint density at radius 3 is 2.26 bits per heavy atom. The maximum Gasteiger partial charge on any atom is 0.416 e. The van der Waals surface area contributed by atoms with Crippen LogP contribution in [0.1, 0.15) is 23.6 Å². The lowest BCUT2D eigenvalue weighted by Crippen LogP contribution is -2.40. The van der Waals surface area contributed by atoms with Gasteiger partial charge in [0.2, 0.25) is 5.91 Å². The second-order valence-electron chi connectivity index (χ2n) is 7.73. The Bertz CT molecular complexity index is 1260. The Balaban J connectivity index is 1.84. The normalized spacial score (nSPS) is 11.7. The third-order valence-corrected chi connectivity index (χ3v) is 6.86. The lowest BCUT2D eigenvalue weighted by atomic mass is 10.1. The summed E-state index contributed by atoms with van der Waals surface area (Å²) in [6.45, 7) is 3.31. The highest BCUT2D eigenvalue weighted by molar-refractivity contribution is 7.92. The number of sulfonamides is 1. The molecule has 10 heteroatoms. The number of amides is 1. The molecule has 3 aromatic carbocycles. The van der Waals surface area contributed by atoms with E-state index in [4.69, 9.17) is 4.74 Å². The van der Waals surface area contributed by atoms with Gasteiger partial charge in [0.05, 0.1) is 22.8 Å². The first-order chi connectivity index (χ1) is 16.5. The summed E-state index contributed by atoms with van der Waals surface area (Å²) >= 11 is 0. The van der Waals surface area contributed by atoms with E-state index in [1.54, 1.807) is 24.3 Å². The number of rotatable bonds is 9. The maximum absolute atomic E-state index is 13.4. The van der Waals surface area contributed by atoms with Gasteiger partial charge in [0, 0.05) is 6.54 Å². The largest absolute Gasteiger partial charge is 0.494 e. The van der Waals surface area contributed by atoms with Gasteiger partial charge in [0.1, 0.15) is 12.3 Å². The van der Waals surface area contributed by atoms with Crippen molar-refractivity contribution in [2.75, 3.05) is 17.5 Å². The molecule has 3 rings (SSSR count). The fourth-order valence-corrected chi connectivity index (χ4v) is 4.69.